The Morgan fingerprint density at radius 2 is 2.14 bits per heavy atom. The highest BCUT2D eigenvalue weighted by molar-refractivity contribution is 7.10. The zero-order valence-electron chi connectivity index (χ0n) is 9.17. The first kappa shape index (κ1) is 11.5. The van der Waals surface area contributed by atoms with E-state index in [1.54, 1.807) is 18.4 Å². The zero-order valence-corrected chi connectivity index (χ0v) is 9.99. The van der Waals surface area contributed by atoms with E-state index in [1.165, 1.54) is 17.7 Å². The van der Waals surface area contributed by atoms with Crippen LogP contribution in [0.3, 0.4) is 0 Å². The fourth-order valence-electron chi connectivity index (χ4n) is 1.45. The number of hydrogen-bond donors (Lipinski definition) is 1. The third-order valence-electron chi connectivity index (χ3n) is 2.46. The summed E-state index contributed by atoms with van der Waals surface area (Å²) >= 11 is 1.75. The van der Waals surface area contributed by atoms with Crippen LogP contribution in [0.2, 0.25) is 0 Å². The lowest BCUT2D eigenvalue weighted by Crippen LogP contribution is -2.26. The van der Waals surface area contributed by atoms with Crippen LogP contribution in [-0.2, 0) is 6.54 Å². The molecule has 0 spiro atoms. The molecule has 14 heavy (non-hydrogen) atoms. The van der Waals surface area contributed by atoms with E-state index in [-0.39, 0.29) is 0 Å². The summed E-state index contributed by atoms with van der Waals surface area (Å²) in [5, 5.41) is 5.60. The molecule has 3 heteroatoms. The molecule has 1 N–H and O–H groups in total. The average Bonchev–Trinajstić information content (AvgIpc) is 2.67. The van der Waals surface area contributed by atoms with Gasteiger partial charge < -0.3 is 10.1 Å². The van der Waals surface area contributed by atoms with Gasteiger partial charge in [0.25, 0.3) is 0 Å². The van der Waals surface area contributed by atoms with E-state index in [2.05, 4.69) is 24.5 Å². The maximum absolute atomic E-state index is 5.26. The second kappa shape index (κ2) is 6.04. The largest absolute Gasteiger partial charge is 0.496 e. The van der Waals surface area contributed by atoms with Crippen molar-refractivity contribution in [2.24, 2.45) is 0 Å². The standard InChI is InChI=1S/C11H19NOS/c1-4-9(5-2)12-8-11-10(13-3)6-7-14-11/h6-7,9,12H,4-5,8H2,1-3H3. The molecule has 1 heterocycles. The zero-order chi connectivity index (χ0) is 10.4. The molecule has 0 aliphatic rings. The van der Waals surface area contributed by atoms with Gasteiger partial charge in [0.15, 0.2) is 0 Å². The summed E-state index contributed by atoms with van der Waals surface area (Å²) in [6, 6.07) is 2.65. The van der Waals surface area contributed by atoms with Gasteiger partial charge in [0, 0.05) is 12.6 Å². The van der Waals surface area contributed by atoms with Crippen LogP contribution in [0.4, 0.5) is 0 Å². The summed E-state index contributed by atoms with van der Waals surface area (Å²) < 4.78 is 5.26. The first-order chi connectivity index (χ1) is 6.81. The minimum atomic E-state index is 0.627. The van der Waals surface area contributed by atoms with Gasteiger partial charge in [-0.05, 0) is 24.3 Å². The van der Waals surface area contributed by atoms with Crippen LogP contribution in [0.15, 0.2) is 11.4 Å². The second-order valence-electron chi connectivity index (χ2n) is 3.31. The van der Waals surface area contributed by atoms with Gasteiger partial charge in [-0.2, -0.15) is 0 Å². The third kappa shape index (κ3) is 3.00. The molecule has 0 amide bonds. The number of rotatable bonds is 6. The lowest BCUT2D eigenvalue weighted by atomic mass is 10.2. The van der Waals surface area contributed by atoms with E-state index in [4.69, 9.17) is 4.74 Å². The van der Waals surface area contributed by atoms with Crippen molar-refractivity contribution in [1.82, 2.24) is 5.32 Å². The van der Waals surface area contributed by atoms with Crippen molar-refractivity contribution in [2.45, 2.75) is 39.3 Å². The average molecular weight is 213 g/mol. The summed E-state index contributed by atoms with van der Waals surface area (Å²) in [7, 11) is 1.72. The normalized spacial score (nSPS) is 10.9. The molecule has 0 radical (unpaired) electrons. The molecule has 0 aliphatic heterocycles. The van der Waals surface area contributed by atoms with Crippen LogP contribution in [0.5, 0.6) is 5.75 Å². The van der Waals surface area contributed by atoms with Gasteiger partial charge in [0.1, 0.15) is 5.75 Å². The summed E-state index contributed by atoms with van der Waals surface area (Å²) in [6.07, 6.45) is 2.37. The van der Waals surface area contributed by atoms with Crippen LogP contribution < -0.4 is 10.1 Å². The lowest BCUT2D eigenvalue weighted by molar-refractivity contribution is 0.406. The molecule has 1 aromatic rings. The molecule has 0 aromatic carbocycles. The highest BCUT2D eigenvalue weighted by atomic mass is 32.1. The maximum atomic E-state index is 5.26. The van der Waals surface area contributed by atoms with E-state index in [0.29, 0.717) is 6.04 Å². The molecule has 80 valence electrons. The second-order valence-corrected chi connectivity index (χ2v) is 4.31. The predicted molar refractivity (Wildman–Crippen MR) is 62.1 cm³/mol. The molecule has 0 bridgehead atoms. The van der Waals surface area contributed by atoms with Gasteiger partial charge in [-0.25, -0.2) is 0 Å². The maximum Gasteiger partial charge on any atom is 0.134 e. The molecule has 1 rings (SSSR count). The first-order valence-electron chi connectivity index (χ1n) is 5.15. The SMILES string of the molecule is CCC(CC)NCc1sccc1OC. The Balaban J connectivity index is 2.44. The van der Waals surface area contributed by atoms with Crippen molar-refractivity contribution >= 4 is 11.3 Å². The van der Waals surface area contributed by atoms with Crippen molar-refractivity contribution in [3.8, 4) is 5.75 Å². The Bertz CT molecular complexity index is 256. The van der Waals surface area contributed by atoms with Crippen molar-refractivity contribution < 1.29 is 4.74 Å². The van der Waals surface area contributed by atoms with E-state index in [9.17, 15) is 0 Å². The topological polar surface area (TPSA) is 21.3 Å². The monoisotopic (exact) mass is 213 g/mol. The fraction of sp³-hybridized carbons (Fsp3) is 0.636. The van der Waals surface area contributed by atoms with Gasteiger partial charge in [-0.3, -0.25) is 0 Å². The number of hydrogen-bond acceptors (Lipinski definition) is 3. The predicted octanol–water partition coefficient (Wildman–Crippen LogP) is 3.03. The Hall–Kier alpha value is -0.540. The lowest BCUT2D eigenvalue weighted by Gasteiger charge is -2.14. The number of thiophene rings is 1. The Kier molecular flexibility index (Phi) is 4.98. The van der Waals surface area contributed by atoms with E-state index >= 15 is 0 Å². The summed E-state index contributed by atoms with van der Waals surface area (Å²) in [6.45, 7) is 5.35. The van der Waals surface area contributed by atoms with Crippen molar-refractivity contribution in [3.63, 3.8) is 0 Å². The van der Waals surface area contributed by atoms with Crippen molar-refractivity contribution in [2.75, 3.05) is 7.11 Å². The highest BCUT2D eigenvalue weighted by Crippen LogP contribution is 2.24. The molecule has 0 fully saturated rings. The summed E-state index contributed by atoms with van der Waals surface area (Å²) in [4.78, 5) is 1.29. The molecule has 0 saturated carbocycles. The molecular formula is C11H19NOS. The number of ether oxygens (including phenoxy) is 1. The molecule has 0 unspecified atom stereocenters. The van der Waals surface area contributed by atoms with Crippen LogP contribution >= 0.6 is 11.3 Å². The van der Waals surface area contributed by atoms with Crippen LogP contribution in [0.1, 0.15) is 31.6 Å². The molecule has 2 nitrogen and oxygen atoms in total. The quantitative estimate of drug-likeness (QED) is 0.784. The van der Waals surface area contributed by atoms with Crippen molar-refractivity contribution in [3.05, 3.63) is 16.3 Å². The van der Waals surface area contributed by atoms with Gasteiger partial charge in [0.05, 0.1) is 12.0 Å². The van der Waals surface area contributed by atoms with Crippen molar-refractivity contribution in [1.29, 1.82) is 0 Å². The van der Waals surface area contributed by atoms with E-state index in [1.807, 2.05) is 6.07 Å². The molecule has 0 atom stereocenters. The fourth-order valence-corrected chi connectivity index (χ4v) is 2.24. The van der Waals surface area contributed by atoms with Gasteiger partial charge in [-0.15, -0.1) is 11.3 Å². The smallest absolute Gasteiger partial charge is 0.134 e. The van der Waals surface area contributed by atoms with Gasteiger partial charge in [0.2, 0.25) is 0 Å². The third-order valence-corrected chi connectivity index (χ3v) is 3.36. The Morgan fingerprint density at radius 3 is 2.71 bits per heavy atom. The minimum absolute atomic E-state index is 0.627. The van der Waals surface area contributed by atoms with Gasteiger partial charge in [-0.1, -0.05) is 13.8 Å². The Morgan fingerprint density at radius 1 is 1.43 bits per heavy atom. The van der Waals surface area contributed by atoms with E-state index < -0.39 is 0 Å². The molecule has 0 aliphatic carbocycles. The van der Waals surface area contributed by atoms with Crippen LogP contribution in [-0.4, -0.2) is 13.2 Å². The van der Waals surface area contributed by atoms with Crippen LogP contribution in [0.25, 0.3) is 0 Å². The summed E-state index contributed by atoms with van der Waals surface area (Å²) in [5.41, 5.74) is 0. The van der Waals surface area contributed by atoms with Gasteiger partial charge >= 0.3 is 0 Å². The minimum Gasteiger partial charge on any atom is -0.496 e. The number of nitrogens with one attached hydrogen (secondary N) is 1. The molecule has 1 aromatic heterocycles. The summed E-state index contributed by atoms with van der Waals surface area (Å²) in [5.74, 6) is 1.01. The first-order valence-corrected chi connectivity index (χ1v) is 6.03. The molecule has 0 saturated heterocycles. The molecular weight excluding hydrogens is 194 g/mol. The Labute approximate surface area is 90.3 Å². The highest BCUT2D eigenvalue weighted by Gasteiger charge is 2.06. The number of methoxy groups -OCH3 is 1. The van der Waals surface area contributed by atoms with E-state index in [0.717, 1.165) is 12.3 Å². The van der Waals surface area contributed by atoms with Crippen LogP contribution in [0, 0.1) is 0 Å².